The van der Waals surface area contributed by atoms with E-state index in [0.717, 1.165) is 12.1 Å². The second-order valence-corrected chi connectivity index (χ2v) is 5.62. The molecule has 0 aliphatic rings. The van der Waals surface area contributed by atoms with Gasteiger partial charge in [-0.3, -0.25) is 14.9 Å². The number of hydrogen-bond acceptors (Lipinski definition) is 8. The molecule has 0 radical (unpaired) electrons. The standard InChI is InChI=1S/C19H19NO8/c1-11(18(21)12-5-7-13(25-2)8-6-12)28-19(22)14-9-16(26-3)17(27-4)10-15(14)20(23)24/h5-11H,1-4H3/t11-/m1/s1. The van der Waals surface area contributed by atoms with Crippen LogP contribution in [0.25, 0.3) is 0 Å². The molecule has 2 aromatic carbocycles. The van der Waals surface area contributed by atoms with E-state index in [1.807, 2.05) is 0 Å². The minimum Gasteiger partial charge on any atom is -0.497 e. The lowest BCUT2D eigenvalue weighted by molar-refractivity contribution is -0.385. The summed E-state index contributed by atoms with van der Waals surface area (Å²) in [6, 6.07) is 8.46. The predicted octanol–water partition coefficient (Wildman–Crippen LogP) is 3.05. The molecule has 148 valence electrons. The van der Waals surface area contributed by atoms with Crippen LogP contribution in [-0.4, -0.2) is 44.1 Å². The number of esters is 1. The summed E-state index contributed by atoms with van der Waals surface area (Å²) in [6.07, 6.45) is -1.16. The number of carbonyl (C=O) groups is 2. The quantitative estimate of drug-likeness (QED) is 0.293. The van der Waals surface area contributed by atoms with Gasteiger partial charge >= 0.3 is 5.97 Å². The maximum atomic E-state index is 12.5. The number of ether oxygens (including phenoxy) is 4. The Morgan fingerprint density at radius 1 is 0.964 bits per heavy atom. The summed E-state index contributed by atoms with van der Waals surface area (Å²) in [5.74, 6) is -0.703. The van der Waals surface area contributed by atoms with Crippen molar-refractivity contribution in [2.24, 2.45) is 0 Å². The van der Waals surface area contributed by atoms with Gasteiger partial charge in [-0.15, -0.1) is 0 Å². The van der Waals surface area contributed by atoms with Crippen molar-refractivity contribution in [3.8, 4) is 17.2 Å². The van der Waals surface area contributed by atoms with Gasteiger partial charge in [0.1, 0.15) is 11.3 Å². The van der Waals surface area contributed by atoms with Crippen molar-refractivity contribution in [2.45, 2.75) is 13.0 Å². The number of ketones is 1. The van der Waals surface area contributed by atoms with Gasteiger partial charge in [-0.25, -0.2) is 4.79 Å². The third kappa shape index (κ3) is 4.37. The lowest BCUT2D eigenvalue weighted by atomic mass is 10.1. The summed E-state index contributed by atoms with van der Waals surface area (Å²) >= 11 is 0. The average Bonchev–Trinajstić information content (AvgIpc) is 2.71. The van der Waals surface area contributed by atoms with Gasteiger partial charge in [0, 0.05) is 11.6 Å². The van der Waals surface area contributed by atoms with E-state index in [2.05, 4.69) is 0 Å². The van der Waals surface area contributed by atoms with Crippen LogP contribution < -0.4 is 14.2 Å². The highest BCUT2D eigenvalue weighted by Gasteiger charge is 2.28. The van der Waals surface area contributed by atoms with Crippen molar-refractivity contribution < 1.29 is 33.5 Å². The average molecular weight is 389 g/mol. The van der Waals surface area contributed by atoms with E-state index in [-0.39, 0.29) is 17.1 Å². The molecule has 0 unspecified atom stereocenters. The van der Waals surface area contributed by atoms with Crippen LogP contribution in [0, 0.1) is 10.1 Å². The van der Waals surface area contributed by atoms with Gasteiger partial charge in [-0.1, -0.05) is 0 Å². The molecule has 0 saturated carbocycles. The number of Topliss-reactive ketones (excluding diaryl/α,β-unsaturated/α-hetero) is 1. The first-order valence-electron chi connectivity index (χ1n) is 8.12. The number of carbonyl (C=O) groups excluding carboxylic acids is 2. The molecule has 0 aliphatic heterocycles. The normalized spacial score (nSPS) is 11.3. The van der Waals surface area contributed by atoms with E-state index < -0.39 is 28.5 Å². The zero-order valence-electron chi connectivity index (χ0n) is 15.8. The second kappa shape index (κ2) is 8.85. The van der Waals surface area contributed by atoms with Crippen molar-refractivity contribution in [3.63, 3.8) is 0 Å². The Kier molecular flexibility index (Phi) is 6.54. The first-order chi connectivity index (χ1) is 13.3. The highest BCUT2D eigenvalue weighted by Crippen LogP contribution is 2.35. The van der Waals surface area contributed by atoms with E-state index in [0.29, 0.717) is 11.3 Å². The Morgan fingerprint density at radius 2 is 1.54 bits per heavy atom. The van der Waals surface area contributed by atoms with Gasteiger partial charge < -0.3 is 18.9 Å². The van der Waals surface area contributed by atoms with Gasteiger partial charge in [0.05, 0.1) is 32.3 Å². The minimum atomic E-state index is -1.16. The number of methoxy groups -OCH3 is 3. The fourth-order valence-corrected chi connectivity index (χ4v) is 2.45. The van der Waals surface area contributed by atoms with Gasteiger partial charge in [0.25, 0.3) is 5.69 Å². The van der Waals surface area contributed by atoms with Crippen LogP contribution >= 0.6 is 0 Å². The molecule has 0 spiro atoms. The van der Waals surface area contributed by atoms with Crippen molar-refractivity contribution in [1.82, 2.24) is 0 Å². The van der Waals surface area contributed by atoms with Crippen molar-refractivity contribution in [1.29, 1.82) is 0 Å². The van der Waals surface area contributed by atoms with Crippen molar-refractivity contribution in [3.05, 3.63) is 57.6 Å². The summed E-state index contributed by atoms with van der Waals surface area (Å²) in [4.78, 5) is 35.5. The van der Waals surface area contributed by atoms with Gasteiger partial charge in [0.15, 0.2) is 17.6 Å². The zero-order chi connectivity index (χ0) is 20.8. The van der Waals surface area contributed by atoms with E-state index >= 15 is 0 Å². The highest BCUT2D eigenvalue weighted by atomic mass is 16.6. The molecular weight excluding hydrogens is 370 g/mol. The molecule has 0 saturated heterocycles. The number of hydrogen-bond donors (Lipinski definition) is 0. The molecule has 2 aromatic rings. The lowest BCUT2D eigenvalue weighted by Crippen LogP contribution is -2.25. The topological polar surface area (TPSA) is 114 Å². The molecule has 0 N–H and O–H groups in total. The lowest BCUT2D eigenvalue weighted by Gasteiger charge is -2.14. The van der Waals surface area contributed by atoms with Gasteiger partial charge in [0.2, 0.25) is 5.78 Å². The fraction of sp³-hybridized carbons (Fsp3) is 0.263. The number of nitrogens with zero attached hydrogens (tertiary/aromatic N) is 1. The molecule has 9 heteroatoms. The Morgan fingerprint density at radius 3 is 2.04 bits per heavy atom. The van der Waals surface area contributed by atoms with Crippen LogP contribution in [0.5, 0.6) is 17.2 Å². The Labute approximate surface area is 160 Å². The molecule has 0 heterocycles. The molecule has 0 fully saturated rings. The first kappa shape index (κ1) is 20.7. The molecule has 1 atom stereocenters. The third-order valence-corrected chi connectivity index (χ3v) is 3.95. The van der Waals surface area contributed by atoms with Crippen LogP contribution in [-0.2, 0) is 4.74 Å². The summed E-state index contributed by atoms with van der Waals surface area (Å²) in [5, 5.41) is 11.3. The highest BCUT2D eigenvalue weighted by molar-refractivity contribution is 6.02. The zero-order valence-corrected chi connectivity index (χ0v) is 15.8. The molecule has 28 heavy (non-hydrogen) atoms. The van der Waals surface area contributed by atoms with Crippen LogP contribution in [0.2, 0.25) is 0 Å². The molecule has 0 aromatic heterocycles. The Hall–Kier alpha value is -3.62. The smallest absolute Gasteiger partial charge is 0.346 e. The molecule has 0 aliphatic carbocycles. The number of benzene rings is 2. The summed E-state index contributed by atoms with van der Waals surface area (Å²) in [7, 11) is 4.14. The summed E-state index contributed by atoms with van der Waals surface area (Å²) in [6.45, 7) is 1.39. The maximum Gasteiger partial charge on any atom is 0.346 e. The summed E-state index contributed by atoms with van der Waals surface area (Å²) < 4.78 is 20.3. The van der Waals surface area contributed by atoms with Crippen LogP contribution in [0.1, 0.15) is 27.6 Å². The maximum absolute atomic E-state index is 12.5. The van der Waals surface area contributed by atoms with Crippen LogP contribution in [0.4, 0.5) is 5.69 Å². The molecule has 0 amide bonds. The molecule has 9 nitrogen and oxygen atoms in total. The first-order valence-corrected chi connectivity index (χ1v) is 8.12. The van der Waals surface area contributed by atoms with E-state index in [1.54, 1.807) is 12.1 Å². The number of nitro groups is 1. The number of rotatable bonds is 8. The van der Waals surface area contributed by atoms with Gasteiger partial charge in [-0.2, -0.15) is 0 Å². The van der Waals surface area contributed by atoms with Crippen LogP contribution in [0.3, 0.4) is 0 Å². The predicted molar refractivity (Wildman–Crippen MR) is 98.4 cm³/mol. The fourth-order valence-electron chi connectivity index (χ4n) is 2.45. The van der Waals surface area contributed by atoms with E-state index in [9.17, 15) is 19.7 Å². The molecule has 0 bridgehead atoms. The Bertz CT molecular complexity index is 892. The second-order valence-electron chi connectivity index (χ2n) is 5.62. The molecule has 2 rings (SSSR count). The minimum absolute atomic E-state index is 0.0908. The van der Waals surface area contributed by atoms with Crippen molar-refractivity contribution >= 4 is 17.4 Å². The van der Waals surface area contributed by atoms with E-state index in [4.69, 9.17) is 18.9 Å². The van der Waals surface area contributed by atoms with Crippen molar-refractivity contribution in [2.75, 3.05) is 21.3 Å². The molecular formula is C19H19NO8. The third-order valence-electron chi connectivity index (χ3n) is 3.95. The van der Waals surface area contributed by atoms with E-state index in [1.165, 1.54) is 40.4 Å². The van der Waals surface area contributed by atoms with Crippen LogP contribution in [0.15, 0.2) is 36.4 Å². The largest absolute Gasteiger partial charge is 0.497 e. The number of nitro benzene ring substituents is 1. The monoisotopic (exact) mass is 389 g/mol. The SMILES string of the molecule is COc1ccc(C(=O)[C@@H](C)OC(=O)c2cc(OC)c(OC)cc2[N+](=O)[O-])cc1. The van der Waals surface area contributed by atoms with Gasteiger partial charge in [-0.05, 0) is 31.2 Å². The Balaban J connectivity index is 2.27. The summed E-state index contributed by atoms with van der Waals surface area (Å²) in [5.41, 5.74) is -0.563.